The minimum atomic E-state index is -0.130. The van der Waals surface area contributed by atoms with Crippen molar-refractivity contribution >= 4 is 12.0 Å². The minimum absolute atomic E-state index is 0.130. The summed E-state index contributed by atoms with van der Waals surface area (Å²) in [6.45, 7) is 2.66. The van der Waals surface area contributed by atoms with Crippen molar-refractivity contribution < 1.29 is 4.79 Å². The number of hydrogen-bond acceptors (Lipinski definition) is 2. The Labute approximate surface area is 95.4 Å². The van der Waals surface area contributed by atoms with Gasteiger partial charge >= 0.3 is 0 Å². The first-order valence-electron chi connectivity index (χ1n) is 5.23. The van der Waals surface area contributed by atoms with Crippen LogP contribution in [0.4, 0.5) is 0 Å². The van der Waals surface area contributed by atoms with Gasteiger partial charge in [-0.3, -0.25) is 4.79 Å². The molecule has 3 heteroatoms. The summed E-state index contributed by atoms with van der Waals surface area (Å²) in [5.74, 6) is -0.130. The van der Waals surface area contributed by atoms with Crippen LogP contribution in [0.2, 0.25) is 0 Å². The molecule has 0 saturated heterocycles. The number of carbonyl (C=O) groups is 1. The molecule has 82 valence electrons. The lowest BCUT2D eigenvalue weighted by Gasteiger charge is -1.98. The highest BCUT2D eigenvalue weighted by molar-refractivity contribution is 5.92. The molecule has 1 N–H and O–H groups in total. The van der Waals surface area contributed by atoms with Gasteiger partial charge in [0.1, 0.15) is 0 Å². The lowest BCUT2D eigenvalue weighted by molar-refractivity contribution is -0.116. The average molecular weight is 214 g/mol. The molecule has 0 atom stereocenters. The Kier molecular flexibility index (Phi) is 4.81. The van der Waals surface area contributed by atoms with Gasteiger partial charge in [0, 0.05) is 12.6 Å². The van der Waals surface area contributed by atoms with E-state index in [1.54, 1.807) is 18.2 Å². The lowest BCUT2D eigenvalue weighted by Crippen LogP contribution is -2.21. The van der Waals surface area contributed by atoms with Gasteiger partial charge in [-0.05, 0) is 24.1 Å². The average Bonchev–Trinajstić information content (AvgIpc) is 2.34. The number of benzene rings is 1. The van der Waals surface area contributed by atoms with Crippen LogP contribution >= 0.6 is 0 Å². The highest BCUT2D eigenvalue weighted by Crippen LogP contribution is 2.08. The first-order valence-corrected chi connectivity index (χ1v) is 5.23. The highest BCUT2D eigenvalue weighted by atomic mass is 16.1. The third-order valence-electron chi connectivity index (χ3n) is 2.04. The van der Waals surface area contributed by atoms with Crippen LogP contribution in [0.25, 0.3) is 6.08 Å². The minimum Gasteiger partial charge on any atom is -0.353 e. The van der Waals surface area contributed by atoms with Crippen LogP contribution in [-0.2, 0) is 4.79 Å². The zero-order valence-corrected chi connectivity index (χ0v) is 9.23. The molecule has 0 radical (unpaired) electrons. The second-order valence-electron chi connectivity index (χ2n) is 3.32. The van der Waals surface area contributed by atoms with E-state index in [4.69, 9.17) is 5.26 Å². The van der Waals surface area contributed by atoms with E-state index in [-0.39, 0.29) is 5.91 Å². The van der Waals surface area contributed by atoms with Gasteiger partial charge in [-0.1, -0.05) is 25.1 Å². The standard InChI is InChI=1S/C13H14N2O/c1-2-9-15-13(16)8-7-11-5-3-4-6-12(11)10-14/h3-8H,2,9H2,1H3,(H,15,16)/b8-7+. The van der Waals surface area contributed by atoms with Gasteiger partial charge in [0.05, 0.1) is 11.6 Å². The molecule has 0 aromatic heterocycles. The second-order valence-corrected chi connectivity index (χ2v) is 3.32. The molecule has 0 bridgehead atoms. The molecule has 0 spiro atoms. The molecule has 0 aliphatic heterocycles. The lowest BCUT2D eigenvalue weighted by atomic mass is 10.1. The summed E-state index contributed by atoms with van der Waals surface area (Å²) in [6, 6.07) is 9.25. The maximum absolute atomic E-state index is 11.3. The normalized spacial score (nSPS) is 10.0. The van der Waals surface area contributed by atoms with E-state index in [9.17, 15) is 4.79 Å². The van der Waals surface area contributed by atoms with Crippen molar-refractivity contribution in [3.63, 3.8) is 0 Å². The highest BCUT2D eigenvalue weighted by Gasteiger charge is 1.97. The monoisotopic (exact) mass is 214 g/mol. The van der Waals surface area contributed by atoms with E-state index >= 15 is 0 Å². The smallest absolute Gasteiger partial charge is 0.243 e. The maximum Gasteiger partial charge on any atom is 0.243 e. The molecule has 16 heavy (non-hydrogen) atoms. The van der Waals surface area contributed by atoms with Gasteiger partial charge < -0.3 is 5.32 Å². The molecule has 1 amide bonds. The Morgan fingerprint density at radius 2 is 2.25 bits per heavy atom. The van der Waals surface area contributed by atoms with Crippen molar-refractivity contribution in [3.05, 3.63) is 41.5 Å². The van der Waals surface area contributed by atoms with Crippen molar-refractivity contribution in [3.8, 4) is 6.07 Å². The maximum atomic E-state index is 11.3. The van der Waals surface area contributed by atoms with Crippen molar-refractivity contribution in [2.45, 2.75) is 13.3 Å². The van der Waals surface area contributed by atoms with E-state index < -0.39 is 0 Å². The number of hydrogen-bond donors (Lipinski definition) is 1. The predicted octanol–water partition coefficient (Wildman–Crippen LogP) is 2.10. The number of nitriles is 1. The van der Waals surface area contributed by atoms with Crippen molar-refractivity contribution in [2.24, 2.45) is 0 Å². The molecule has 0 unspecified atom stereocenters. The fourth-order valence-corrected chi connectivity index (χ4v) is 1.22. The summed E-state index contributed by atoms with van der Waals surface area (Å²) in [5.41, 5.74) is 1.33. The molecule has 3 nitrogen and oxygen atoms in total. The molecular weight excluding hydrogens is 200 g/mol. The first-order chi connectivity index (χ1) is 7.77. The SMILES string of the molecule is CCCNC(=O)/C=C/c1ccccc1C#N. The van der Waals surface area contributed by atoms with Crippen molar-refractivity contribution in [1.82, 2.24) is 5.32 Å². The Hall–Kier alpha value is -2.08. The van der Waals surface area contributed by atoms with Gasteiger partial charge in [-0.15, -0.1) is 0 Å². The largest absolute Gasteiger partial charge is 0.353 e. The number of carbonyl (C=O) groups excluding carboxylic acids is 1. The third-order valence-corrected chi connectivity index (χ3v) is 2.04. The molecule has 0 heterocycles. The third kappa shape index (κ3) is 3.58. The van der Waals surface area contributed by atoms with Crippen LogP contribution in [0.5, 0.6) is 0 Å². The Morgan fingerprint density at radius 3 is 2.94 bits per heavy atom. The van der Waals surface area contributed by atoms with E-state index in [1.807, 2.05) is 19.1 Å². The first kappa shape index (κ1) is 12.0. The molecule has 1 rings (SSSR count). The van der Waals surface area contributed by atoms with Gasteiger partial charge in [0.2, 0.25) is 5.91 Å². The quantitative estimate of drug-likeness (QED) is 0.780. The van der Waals surface area contributed by atoms with Crippen LogP contribution in [0.15, 0.2) is 30.3 Å². The Bertz CT molecular complexity index is 430. The Morgan fingerprint density at radius 1 is 1.50 bits per heavy atom. The zero-order chi connectivity index (χ0) is 11.8. The van der Waals surface area contributed by atoms with Gasteiger partial charge in [-0.2, -0.15) is 5.26 Å². The number of nitrogens with one attached hydrogen (secondary N) is 1. The van der Waals surface area contributed by atoms with E-state index in [0.717, 1.165) is 12.0 Å². The predicted molar refractivity (Wildman–Crippen MR) is 63.5 cm³/mol. The molecule has 0 saturated carbocycles. The van der Waals surface area contributed by atoms with Gasteiger partial charge in [0.25, 0.3) is 0 Å². The summed E-state index contributed by atoms with van der Waals surface area (Å²) in [5, 5.41) is 11.6. The number of nitrogens with zero attached hydrogens (tertiary/aromatic N) is 1. The summed E-state index contributed by atoms with van der Waals surface area (Å²) in [4.78, 5) is 11.3. The van der Waals surface area contributed by atoms with Gasteiger partial charge in [-0.25, -0.2) is 0 Å². The molecule has 0 aliphatic rings. The Balaban J connectivity index is 2.69. The van der Waals surface area contributed by atoms with Crippen molar-refractivity contribution in [2.75, 3.05) is 6.54 Å². The van der Waals surface area contributed by atoms with Crippen LogP contribution in [-0.4, -0.2) is 12.5 Å². The summed E-state index contributed by atoms with van der Waals surface area (Å²) in [7, 11) is 0. The van der Waals surface area contributed by atoms with Crippen molar-refractivity contribution in [1.29, 1.82) is 5.26 Å². The summed E-state index contributed by atoms with van der Waals surface area (Å²) in [6.07, 6.45) is 4.02. The van der Waals surface area contributed by atoms with E-state index in [0.29, 0.717) is 12.1 Å². The molecule has 0 aliphatic carbocycles. The zero-order valence-electron chi connectivity index (χ0n) is 9.23. The van der Waals surface area contributed by atoms with E-state index in [1.165, 1.54) is 6.08 Å². The topological polar surface area (TPSA) is 52.9 Å². The summed E-state index contributed by atoms with van der Waals surface area (Å²) >= 11 is 0. The van der Waals surface area contributed by atoms with Crippen LogP contribution in [0.3, 0.4) is 0 Å². The van der Waals surface area contributed by atoms with Crippen LogP contribution < -0.4 is 5.32 Å². The molecule has 1 aromatic rings. The fraction of sp³-hybridized carbons (Fsp3) is 0.231. The molecule has 1 aromatic carbocycles. The van der Waals surface area contributed by atoms with Crippen LogP contribution in [0.1, 0.15) is 24.5 Å². The van der Waals surface area contributed by atoms with Gasteiger partial charge in [0.15, 0.2) is 0 Å². The molecule has 0 fully saturated rings. The molecular formula is C13H14N2O. The second kappa shape index (κ2) is 6.41. The van der Waals surface area contributed by atoms with E-state index in [2.05, 4.69) is 11.4 Å². The fourth-order valence-electron chi connectivity index (χ4n) is 1.22. The van der Waals surface area contributed by atoms with Crippen LogP contribution in [0, 0.1) is 11.3 Å². The summed E-state index contributed by atoms with van der Waals surface area (Å²) < 4.78 is 0. The number of rotatable bonds is 4. The number of amides is 1.